The number of nitrogens with one attached hydrogen (secondary N) is 2. The van der Waals surface area contributed by atoms with Gasteiger partial charge in [0.15, 0.2) is 5.82 Å². The largest absolute Gasteiger partial charge is 0.488 e. The molecule has 1 amide bonds. The molecule has 0 aliphatic carbocycles. The summed E-state index contributed by atoms with van der Waals surface area (Å²) in [7, 11) is 0. The van der Waals surface area contributed by atoms with E-state index in [2.05, 4.69) is 26.6 Å². The molecule has 1 aliphatic rings. The molecule has 2 heterocycles. The number of rotatable bonds is 4. The summed E-state index contributed by atoms with van der Waals surface area (Å²) in [6.45, 7) is 0.486. The van der Waals surface area contributed by atoms with E-state index >= 15 is 0 Å². The number of amides is 1. The first-order valence-corrected chi connectivity index (χ1v) is 8.28. The van der Waals surface area contributed by atoms with Gasteiger partial charge in [0.2, 0.25) is 0 Å². The number of fused-ring (bicyclic) bond motifs is 1. The molecule has 0 saturated carbocycles. The third-order valence-electron chi connectivity index (χ3n) is 4.31. The molecule has 0 unspecified atom stereocenters. The SMILES string of the molecule is O=C(NC[C@H]1CCc2ccccc2O1)c1cccc(-c2ncn[nH]2)c1. The average molecular weight is 334 g/mol. The van der Waals surface area contributed by atoms with Crippen molar-refractivity contribution in [3.63, 3.8) is 0 Å². The summed E-state index contributed by atoms with van der Waals surface area (Å²) >= 11 is 0. The van der Waals surface area contributed by atoms with Gasteiger partial charge in [-0.3, -0.25) is 9.89 Å². The highest BCUT2D eigenvalue weighted by atomic mass is 16.5. The zero-order chi connectivity index (χ0) is 17.1. The van der Waals surface area contributed by atoms with Gasteiger partial charge in [0.1, 0.15) is 18.2 Å². The highest BCUT2D eigenvalue weighted by Crippen LogP contribution is 2.26. The molecule has 1 atom stereocenters. The molecule has 0 bridgehead atoms. The van der Waals surface area contributed by atoms with E-state index in [0.717, 1.165) is 24.2 Å². The minimum Gasteiger partial charge on any atom is -0.488 e. The number of hydrogen-bond acceptors (Lipinski definition) is 4. The number of carbonyl (C=O) groups excluding carboxylic acids is 1. The predicted molar refractivity (Wildman–Crippen MR) is 93.3 cm³/mol. The number of nitrogens with zero attached hydrogens (tertiary/aromatic N) is 2. The maximum absolute atomic E-state index is 12.4. The summed E-state index contributed by atoms with van der Waals surface area (Å²) in [6.07, 6.45) is 3.31. The fourth-order valence-electron chi connectivity index (χ4n) is 2.98. The number of hydrogen-bond donors (Lipinski definition) is 2. The Morgan fingerprint density at radius 2 is 2.16 bits per heavy atom. The summed E-state index contributed by atoms with van der Waals surface area (Å²) in [5.74, 6) is 1.44. The molecule has 0 spiro atoms. The lowest BCUT2D eigenvalue weighted by atomic mass is 10.0. The summed E-state index contributed by atoms with van der Waals surface area (Å²) in [5, 5.41) is 9.60. The highest BCUT2D eigenvalue weighted by molar-refractivity contribution is 5.95. The monoisotopic (exact) mass is 334 g/mol. The summed E-state index contributed by atoms with van der Waals surface area (Å²) in [4.78, 5) is 16.6. The Kier molecular flexibility index (Phi) is 4.16. The van der Waals surface area contributed by atoms with Crippen LogP contribution < -0.4 is 10.1 Å². The number of benzene rings is 2. The van der Waals surface area contributed by atoms with Gasteiger partial charge in [0.05, 0.1) is 6.54 Å². The Morgan fingerprint density at radius 3 is 3.04 bits per heavy atom. The lowest BCUT2D eigenvalue weighted by Crippen LogP contribution is -2.37. The number of carbonyl (C=O) groups is 1. The molecule has 6 nitrogen and oxygen atoms in total. The maximum Gasteiger partial charge on any atom is 0.251 e. The number of ether oxygens (including phenoxy) is 1. The Bertz CT molecular complexity index is 877. The van der Waals surface area contributed by atoms with Crippen LogP contribution in [0, 0.1) is 0 Å². The van der Waals surface area contributed by atoms with Crippen molar-refractivity contribution in [1.82, 2.24) is 20.5 Å². The van der Waals surface area contributed by atoms with Crippen molar-refractivity contribution in [3.8, 4) is 17.1 Å². The highest BCUT2D eigenvalue weighted by Gasteiger charge is 2.20. The minimum absolute atomic E-state index is 0.00342. The molecule has 2 N–H and O–H groups in total. The minimum atomic E-state index is -0.121. The average Bonchev–Trinajstić information content (AvgIpc) is 3.21. The van der Waals surface area contributed by atoms with Crippen molar-refractivity contribution < 1.29 is 9.53 Å². The quantitative estimate of drug-likeness (QED) is 0.768. The number of H-pyrrole nitrogens is 1. The van der Waals surface area contributed by atoms with Crippen molar-refractivity contribution >= 4 is 5.91 Å². The normalized spacial score (nSPS) is 15.9. The van der Waals surface area contributed by atoms with Gasteiger partial charge in [0.25, 0.3) is 5.91 Å². The first-order valence-electron chi connectivity index (χ1n) is 8.28. The second-order valence-corrected chi connectivity index (χ2v) is 6.01. The van der Waals surface area contributed by atoms with E-state index in [1.807, 2.05) is 30.3 Å². The van der Waals surface area contributed by atoms with Crippen LogP contribution in [0.1, 0.15) is 22.3 Å². The Morgan fingerprint density at radius 1 is 1.24 bits per heavy atom. The topological polar surface area (TPSA) is 79.9 Å². The van der Waals surface area contributed by atoms with Crippen LogP contribution in [0.4, 0.5) is 0 Å². The number of para-hydroxylation sites is 1. The Hall–Kier alpha value is -3.15. The van der Waals surface area contributed by atoms with Gasteiger partial charge in [0, 0.05) is 11.1 Å². The lowest BCUT2D eigenvalue weighted by molar-refractivity contribution is 0.0918. The summed E-state index contributed by atoms with van der Waals surface area (Å²) in [6, 6.07) is 15.3. The van der Waals surface area contributed by atoms with Crippen molar-refractivity contribution in [1.29, 1.82) is 0 Å². The molecule has 1 aliphatic heterocycles. The van der Waals surface area contributed by atoms with Crippen LogP contribution >= 0.6 is 0 Å². The fraction of sp³-hybridized carbons (Fsp3) is 0.211. The molecule has 0 fully saturated rings. The van der Waals surface area contributed by atoms with E-state index in [9.17, 15) is 4.79 Å². The second-order valence-electron chi connectivity index (χ2n) is 6.01. The predicted octanol–water partition coefficient (Wildman–Crippen LogP) is 2.60. The Labute approximate surface area is 145 Å². The summed E-state index contributed by atoms with van der Waals surface area (Å²) < 4.78 is 5.96. The van der Waals surface area contributed by atoms with Crippen LogP contribution in [-0.2, 0) is 6.42 Å². The van der Waals surface area contributed by atoms with Crippen molar-refractivity contribution in [2.45, 2.75) is 18.9 Å². The van der Waals surface area contributed by atoms with Crippen LogP contribution in [-0.4, -0.2) is 33.7 Å². The molecule has 126 valence electrons. The van der Waals surface area contributed by atoms with Gasteiger partial charge in [-0.2, -0.15) is 5.10 Å². The van der Waals surface area contributed by atoms with Crippen molar-refractivity contribution in [2.24, 2.45) is 0 Å². The lowest BCUT2D eigenvalue weighted by Gasteiger charge is -2.26. The third kappa shape index (κ3) is 3.38. The molecule has 6 heteroatoms. The fourth-order valence-corrected chi connectivity index (χ4v) is 2.98. The van der Waals surface area contributed by atoms with Crippen LogP contribution in [0.15, 0.2) is 54.9 Å². The molecular formula is C19H18N4O2. The van der Waals surface area contributed by atoms with E-state index in [1.54, 1.807) is 12.1 Å². The second kappa shape index (κ2) is 6.76. The molecule has 3 aromatic rings. The Balaban J connectivity index is 1.39. The van der Waals surface area contributed by atoms with E-state index in [0.29, 0.717) is 17.9 Å². The number of aromatic amines is 1. The van der Waals surface area contributed by atoms with Crippen LogP contribution in [0.25, 0.3) is 11.4 Å². The molecule has 4 rings (SSSR count). The first kappa shape index (κ1) is 15.4. The summed E-state index contributed by atoms with van der Waals surface area (Å²) in [5.41, 5.74) is 2.64. The number of aryl methyl sites for hydroxylation is 1. The smallest absolute Gasteiger partial charge is 0.251 e. The molecule has 2 aromatic carbocycles. The van der Waals surface area contributed by atoms with Gasteiger partial charge in [-0.15, -0.1) is 0 Å². The van der Waals surface area contributed by atoms with E-state index in [1.165, 1.54) is 11.9 Å². The molecule has 0 radical (unpaired) electrons. The van der Waals surface area contributed by atoms with E-state index in [-0.39, 0.29) is 12.0 Å². The zero-order valence-electron chi connectivity index (χ0n) is 13.6. The zero-order valence-corrected chi connectivity index (χ0v) is 13.6. The van der Waals surface area contributed by atoms with Gasteiger partial charge >= 0.3 is 0 Å². The molecule has 1 aromatic heterocycles. The van der Waals surface area contributed by atoms with Gasteiger partial charge in [-0.25, -0.2) is 4.98 Å². The first-order chi connectivity index (χ1) is 12.3. The van der Waals surface area contributed by atoms with Crippen LogP contribution in [0.5, 0.6) is 5.75 Å². The van der Waals surface area contributed by atoms with Crippen molar-refractivity contribution in [3.05, 3.63) is 66.0 Å². The van der Waals surface area contributed by atoms with Gasteiger partial charge < -0.3 is 10.1 Å². The van der Waals surface area contributed by atoms with Gasteiger partial charge in [-0.05, 0) is 36.6 Å². The van der Waals surface area contributed by atoms with Crippen molar-refractivity contribution in [2.75, 3.05) is 6.54 Å². The molecule has 25 heavy (non-hydrogen) atoms. The molecular weight excluding hydrogens is 316 g/mol. The van der Waals surface area contributed by atoms with E-state index < -0.39 is 0 Å². The van der Waals surface area contributed by atoms with Gasteiger partial charge in [-0.1, -0.05) is 30.3 Å². The van der Waals surface area contributed by atoms with E-state index in [4.69, 9.17) is 4.74 Å². The number of aromatic nitrogens is 3. The standard InChI is InChI=1S/C19H18N4O2/c24-19(15-6-3-5-14(10-15)18-21-12-22-23-18)20-11-16-9-8-13-4-1-2-7-17(13)25-16/h1-7,10,12,16H,8-9,11H2,(H,20,24)(H,21,22,23)/t16-/m1/s1. The third-order valence-corrected chi connectivity index (χ3v) is 4.31. The maximum atomic E-state index is 12.4. The van der Waals surface area contributed by atoms with Crippen LogP contribution in [0.2, 0.25) is 0 Å². The molecule has 0 saturated heterocycles. The van der Waals surface area contributed by atoms with Crippen LogP contribution in [0.3, 0.4) is 0 Å².